The van der Waals surface area contributed by atoms with E-state index in [4.69, 9.17) is 4.42 Å². The van der Waals surface area contributed by atoms with Crippen molar-refractivity contribution >= 4 is 49.9 Å². The highest BCUT2D eigenvalue weighted by Crippen LogP contribution is 2.26. The van der Waals surface area contributed by atoms with Crippen LogP contribution in [0.15, 0.2) is 106 Å². The van der Waals surface area contributed by atoms with E-state index in [1.54, 1.807) is 66.0 Å². The molecule has 0 saturated heterocycles. The summed E-state index contributed by atoms with van der Waals surface area (Å²) in [5, 5.41) is 14.8. The fourth-order valence-electron chi connectivity index (χ4n) is 3.77. The number of carbonyl (C=O) groups excluding carboxylic acids is 1. The Kier molecular flexibility index (Phi) is 6.62. The summed E-state index contributed by atoms with van der Waals surface area (Å²) < 4.78 is 33.4. The first-order chi connectivity index (χ1) is 17.8. The molecule has 37 heavy (non-hydrogen) atoms. The number of rotatable bonds is 8. The second-order valence-electron chi connectivity index (χ2n) is 8.11. The van der Waals surface area contributed by atoms with Crippen LogP contribution in [0.25, 0.3) is 22.1 Å². The van der Waals surface area contributed by atoms with E-state index < -0.39 is 22.0 Å². The van der Waals surface area contributed by atoms with Crippen LogP contribution in [-0.4, -0.2) is 25.4 Å². The molecule has 0 fully saturated rings. The molecule has 0 aliphatic rings. The number of nitrogens with one attached hydrogen (secondary N) is 2. The van der Waals surface area contributed by atoms with Gasteiger partial charge >= 0.3 is 5.97 Å². The lowest BCUT2D eigenvalue weighted by Crippen LogP contribution is -2.33. The number of fused-ring (bicyclic) bond motifs is 1. The zero-order valence-corrected chi connectivity index (χ0v) is 20.8. The van der Waals surface area contributed by atoms with E-state index in [2.05, 4.69) is 10.0 Å². The average Bonchev–Trinajstić information content (AvgIpc) is 3.58. The van der Waals surface area contributed by atoms with Gasteiger partial charge in [-0.25, -0.2) is 8.42 Å². The van der Waals surface area contributed by atoms with Crippen LogP contribution in [0.2, 0.25) is 0 Å². The molecule has 2 heterocycles. The summed E-state index contributed by atoms with van der Waals surface area (Å²) >= 11 is 1.16. The van der Waals surface area contributed by atoms with E-state index in [0.29, 0.717) is 16.1 Å². The number of hydrogen-bond acceptors (Lipinski definition) is 6. The number of carbonyl (C=O) groups is 2. The van der Waals surface area contributed by atoms with Crippen molar-refractivity contribution < 1.29 is 27.5 Å². The van der Waals surface area contributed by atoms with Gasteiger partial charge in [0.25, 0.3) is 5.91 Å². The number of carboxylic acids is 1. The summed E-state index contributed by atoms with van der Waals surface area (Å²) in [6.45, 7) is 0. The molecule has 0 saturated carbocycles. The molecule has 3 N–H and O–H groups in total. The van der Waals surface area contributed by atoms with Crippen molar-refractivity contribution in [2.24, 2.45) is 0 Å². The van der Waals surface area contributed by atoms with Gasteiger partial charge in [-0.05, 0) is 59.0 Å². The predicted octanol–water partition coefficient (Wildman–Crippen LogP) is 5.52. The molecule has 0 aliphatic carbocycles. The average molecular weight is 533 g/mol. The number of amides is 1. The van der Waals surface area contributed by atoms with Gasteiger partial charge in [-0.2, -0.15) is 4.72 Å². The fraction of sp³-hybridized carbons (Fsp3) is 0.0370. The van der Waals surface area contributed by atoms with Crippen LogP contribution in [0.1, 0.15) is 21.5 Å². The zero-order chi connectivity index (χ0) is 26.0. The standard InChI is InChI=1S/C27H20N2O6S2/c30-26(23-16-19-4-1-2-5-22(19)35-23)28-20-11-7-17(8-12-20)18-9-13-21(14-10-18)37(33,34)29-25(27(31)32)24-6-3-15-36-24/h1-16,25,29H,(H,28,30)(H,31,32). The quantitative estimate of drug-likeness (QED) is 0.242. The van der Waals surface area contributed by atoms with Crippen molar-refractivity contribution in [2.75, 3.05) is 5.32 Å². The Morgan fingerprint density at radius 2 is 1.54 bits per heavy atom. The Balaban J connectivity index is 1.28. The molecule has 186 valence electrons. The van der Waals surface area contributed by atoms with Crippen LogP contribution in [0.3, 0.4) is 0 Å². The van der Waals surface area contributed by atoms with Gasteiger partial charge in [0, 0.05) is 16.0 Å². The highest BCUT2D eigenvalue weighted by molar-refractivity contribution is 7.89. The Morgan fingerprint density at radius 3 is 2.16 bits per heavy atom. The molecular weight excluding hydrogens is 512 g/mol. The number of carboxylic acid groups (broad SMARTS) is 1. The highest BCUT2D eigenvalue weighted by atomic mass is 32.2. The minimum atomic E-state index is -4.07. The number of sulfonamides is 1. The fourth-order valence-corrected chi connectivity index (χ4v) is 5.78. The first-order valence-corrected chi connectivity index (χ1v) is 13.5. The largest absolute Gasteiger partial charge is 0.480 e. The number of hydrogen-bond donors (Lipinski definition) is 3. The minimum Gasteiger partial charge on any atom is -0.480 e. The van der Waals surface area contributed by atoms with Gasteiger partial charge in [0.05, 0.1) is 4.90 Å². The Bertz CT molecular complexity index is 1640. The maximum absolute atomic E-state index is 12.8. The Labute approximate surface area is 216 Å². The van der Waals surface area contributed by atoms with E-state index >= 15 is 0 Å². The normalized spacial score (nSPS) is 12.3. The van der Waals surface area contributed by atoms with Gasteiger partial charge in [-0.15, -0.1) is 11.3 Å². The van der Waals surface area contributed by atoms with Crippen molar-refractivity contribution in [3.05, 3.63) is 107 Å². The van der Waals surface area contributed by atoms with Crippen LogP contribution in [0.4, 0.5) is 5.69 Å². The SMILES string of the molecule is O=C(Nc1ccc(-c2ccc(S(=O)(=O)NC(C(=O)O)c3cccs3)cc2)cc1)c1cc2ccccc2o1. The highest BCUT2D eigenvalue weighted by Gasteiger charge is 2.27. The Morgan fingerprint density at radius 1 is 0.865 bits per heavy atom. The molecule has 1 unspecified atom stereocenters. The number of benzene rings is 3. The molecule has 2 aromatic heterocycles. The van der Waals surface area contributed by atoms with Gasteiger partial charge < -0.3 is 14.8 Å². The van der Waals surface area contributed by atoms with E-state index in [1.165, 1.54) is 12.1 Å². The number of furan rings is 1. The smallest absolute Gasteiger partial charge is 0.327 e. The molecule has 0 spiro atoms. The van der Waals surface area contributed by atoms with Gasteiger partial charge in [0.1, 0.15) is 5.58 Å². The van der Waals surface area contributed by atoms with Gasteiger partial charge in [-0.3, -0.25) is 9.59 Å². The number of anilines is 1. The second-order valence-corrected chi connectivity index (χ2v) is 10.8. The molecule has 3 aromatic carbocycles. The maximum Gasteiger partial charge on any atom is 0.327 e. The minimum absolute atomic E-state index is 0.0474. The summed E-state index contributed by atoms with van der Waals surface area (Å²) in [5.74, 6) is -1.44. The van der Waals surface area contributed by atoms with E-state index in [1.807, 2.05) is 18.2 Å². The van der Waals surface area contributed by atoms with Crippen LogP contribution in [0, 0.1) is 0 Å². The lowest BCUT2D eigenvalue weighted by Gasteiger charge is -2.14. The first-order valence-electron chi connectivity index (χ1n) is 11.1. The molecule has 5 rings (SSSR count). The van der Waals surface area contributed by atoms with Crippen molar-refractivity contribution in [1.29, 1.82) is 0 Å². The van der Waals surface area contributed by atoms with E-state index in [9.17, 15) is 23.1 Å². The molecule has 1 atom stereocenters. The van der Waals surface area contributed by atoms with Gasteiger partial charge in [0.2, 0.25) is 10.0 Å². The Hall–Kier alpha value is -4.25. The van der Waals surface area contributed by atoms with Crippen molar-refractivity contribution in [3.8, 4) is 11.1 Å². The van der Waals surface area contributed by atoms with Crippen molar-refractivity contribution in [2.45, 2.75) is 10.9 Å². The molecule has 1 amide bonds. The van der Waals surface area contributed by atoms with E-state index in [-0.39, 0.29) is 16.6 Å². The monoisotopic (exact) mass is 532 g/mol. The molecule has 0 aliphatic heterocycles. The second kappa shape index (κ2) is 10.0. The first kappa shape index (κ1) is 24.4. The summed E-state index contributed by atoms with van der Waals surface area (Å²) in [7, 11) is -4.07. The molecular formula is C27H20N2O6S2. The number of thiophene rings is 1. The molecule has 5 aromatic rings. The third-order valence-electron chi connectivity index (χ3n) is 5.64. The van der Waals surface area contributed by atoms with Gasteiger partial charge in [0.15, 0.2) is 11.8 Å². The van der Waals surface area contributed by atoms with Crippen molar-refractivity contribution in [3.63, 3.8) is 0 Å². The summed E-state index contributed by atoms with van der Waals surface area (Å²) in [5.41, 5.74) is 2.77. The summed E-state index contributed by atoms with van der Waals surface area (Å²) in [6, 6.07) is 24.1. The molecule has 10 heteroatoms. The lowest BCUT2D eigenvalue weighted by atomic mass is 10.1. The number of aliphatic carboxylic acids is 1. The third kappa shape index (κ3) is 5.31. The molecule has 0 bridgehead atoms. The topological polar surface area (TPSA) is 126 Å². The zero-order valence-electron chi connectivity index (χ0n) is 19.1. The van der Waals surface area contributed by atoms with Crippen molar-refractivity contribution in [1.82, 2.24) is 4.72 Å². The van der Waals surface area contributed by atoms with Crippen LogP contribution in [0.5, 0.6) is 0 Å². The van der Waals surface area contributed by atoms with Crippen LogP contribution < -0.4 is 10.0 Å². The maximum atomic E-state index is 12.8. The summed E-state index contributed by atoms with van der Waals surface area (Å²) in [6.07, 6.45) is 0. The number of para-hydroxylation sites is 1. The lowest BCUT2D eigenvalue weighted by molar-refractivity contribution is -0.139. The van der Waals surface area contributed by atoms with Crippen LogP contribution in [-0.2, 0) is 14.8 Å². The molecule has 8 nitrogen and oxygen atoms in total. The van der Waals surface area contributed by atoms with E-state index in [0.717, 1.165) is 27.8 Å². The molecule has 0 radical (unpaired) electrons. The summed E-state index contributed by atoms with van der Waals surface area (Å²) in [4.78, 5) is 24.5. The van der Waals surface area contributed by atoms with Crippen LogP contribution >= 0.6 is 11.3 Å². The predicted molar refractivity (Wildman–Crippen MR) is 141 cm³/mol. The van der Waals surface area contributed by atoms with Gasteiger partial charge in [-0.1, -0.05) is 48.5 Å². The third-order valence-corrected chi connectivity index (χ3v) is 8.01.